The quantitative estimate of drug-likeness (QED) is 0.622. The third-order valence-corrected chi connectivity index (χ3v) is 4.24. The standard InChI is InChI=1S/C13H18N2O6/c1-7-5-15(12(19)14-10(7)18)11-13(3-2-4-20-13)9(17)8(6-16)21-11/h5,8-9,11,16-17H,2-4,6H2,1H3,(H,14,18,19)/t8-,9-,11-,13-/m1/s1. The van der Waals surface area contributed by atoms with Crippen molar-refractivity contribution in [2.75, 3.05) is 13.2 Å². The second-order valence-corrected chi connectivity index (χ2v) is 5.54. The van der Waals surface area contributed by atoms with Crippen molar-refractivity contribution in [2.24, 2.45) is 0 Å². The van der Waals surface area contributed by atoms with Crippen LogP contribution in [0.3, 0.4) is 0 Å². The van der Waals surface area contributed by atoms with Crippen molar-refractivity contribution in [3.63, 3.8) is 0 Å². The van der Waals surface area contributed by atoms with Gasteiger partial charge in [-0.25, -0.2) is 4.79 Å². The van der Waals surface area contributed by atoms with Crippen molar-refractivity contribution in [1.82, 2.24) is 9.55 Å². The molecule has 4 atom stereocenters. The van der Waals surface area contributed by atoms with Gasteiger partial charge in [0.15, 0.2) is 6.23 Å². The fraction of sp³-hybridized carbons (Fsp3) is 0.692. The first-order chi connectivity index (χ1) is 9.99. The normalized spacial score (nSPS) is 35.7. The molecule has 8 heteroatoms. The van der Waals surface area contributed by atoms with E-state index in [2.05, 4.69) is 4.98 Å². The third-order valence-electron chi connectivity index (χ3n) is 4.24. The van der Waals surface area contributed by atoms with Gasteiger partial charge < -0.3 is 19.7 Å². The summed E-state index contributed by atoms with van der Waals surface area (Å²) in [7, 11) is 0. The predicted molar refractivity (Wildman–Crippen MR) is 71.0 cm³/mol. The highest BCUT2D eigenvalue weighted by atomic mass is 16.6. The van der Waals surface area contributed by atoms with Crippen molar-refractivity contribution in [2.45, 2.75) is 43.8 Å². The Labute approximate surface area is 119 Å². The number of rotatable bonds is 2. The van der Waals surface area contributed by atoms with E-state index in [4.69, 9.17) is 9.47 Å². The number of hydrogen-bond acceptors (Lipinski definition) is 6. The summed E-state index contributed by atoms with van der Waals surface area (Å²) in [6.45, 7) is 1.65. The van der Waals surface area contributed by atoms with E-state index in [1.54, 1.807) is 6.92 Å². The highest BCUT2D eigenvalue weighted by Crippen LogP contribution is 2.46. The van der Waals surface area contributed by atoms with E-state index >= 15 is 0 Å². The average Bonchev–Trinajstić information content (AvgIpc) is 3.04. The summed E-state index contributed by atoms with van der Waals surface area (Å²) in [6, 6.07) is 0. The monoisotopic (exact) mass is 298 g/mol. The molecule has 1 spiro atoms. The summed E-state index contributed by atoms with van der Waals surface area (Å²) in [5.41, 5.74) is -1.80. The predicted octanol–water partition coefficient (Wildman–Crippen LogP) is -1.36. The largest absolute Gasteiger partial charge is 0.394 e. The van der Waals surface area contributed by atoms with Crippen molar-refractivity contribution >= 4 is 0 Å². The number of aromatic amines is 1. The molecule has 0 aromatic carbocycles. The Morgan fingerprint density at radius 1 is 1.52 bits per heavy atom. The number of hydrogen-bond donors (Lipinski definition) is 3. The van der Waals surface area contributed by atoms with Crippen molar-refractivity contribution in [1.29, 1.82) is 0 Å². The van der Waals surface area contributed by atoms with E-state index in [9.17, 15) is 19.8 Å². The van der Waals surface area contributed by atoms with Gasteiger partial charge >= 0.3 is 5.69 Å². The van der Waals surface area contributed by atoms with Gasteiger partial charge in [0.25, 0.3) is 5.56 Å². The zero-order valence-electron chi connectivity index (χ0n) is 11.6. The number of nitrogens with zero attached hydrogens (tertiary/aromatic N) is 1. The molecule has 0 aliphatic carbocycles. The number of aliphatic hydroxyl groups is 2. The van der Waals surface area contributed by atoms with Gasteiger partial charge in [-0.1, -0.05) is 0 Å². The lowest BCUT2D eigenvalue weighted by Crippen LogP contribution is -2.49. The molecule has 2 fully saturated rings. The van der Waals surface area contributed by atoms with Gasteiger partial charge in [-0.2, -0.15) is 0 Å². The molecule has 0 radical (unpaired) electrons. The van der Waals surface area contributed by atoms with Crippen LogP contribution in [0, 0.1) is 6.92 Å². The number of aliphatic hydroxyl groups excluding tert-OH is 2. The van der Waals surface area contributed by atoms with Gasteiger partial charge in [-0.3, -0.25) is 14.3 Å². The maximum Gasteiger partial charge on any atom is 0.330 e. The highest BCUT2D eigenvalue weighted by molar-refractivity contribution is 5.09. The van der Waals surface area contributed by atoms with Crippen LogP contribution in [-0.4, -0.2) is 50.8 Å². The number of nitrogens with one attached hydrogen (secondary N) is 1. The Morgan fingerprint density at radius 3 is 2.90 bits per heavy atom. The van der Waals surface area contributed by atoms with Gasteiger partial charge in [0.2, 0.25) is 0 Å². The Kier molecular flexibility index (Phi) is 3.48. The minimum Gasteiger partial charge on any atom is -0.394 e. The summed E-state index contributed by atoms with van der Waals surface area (Å²) in [6.07, 6.45) is -0.107. The number of H-pyrrole nitrogens is 1. The van der Waals surface area contributed by atoms with Crippen LogP contribution in [0.2, 0.25) is 0 Å². The minimum absolute atomic E-state index is 0.355. The summed E-state index contributed by atoms with van der Waals surface area (Å²) >= 11 is 0. The van der Waals surface area contributed by atoms with Crippen LogP contribution in [0.5, 0.6) is 0 Å². The molecular weight excluding hydrogens is 280 g/mol. The molecule has 116 valence electrons. The van der Waals surface area contributed by atoms with E-state index in [0.717, 1.165) is 6.42 Å². The Hall–Kier alpha value is -1.48. The van der Waals surface area contributed by atoms with E-state index in [1.165, 1.54) is 10.8 Å². The molecule has 0 amide bonds. The Bertz CT molecular complexity index is 645. The molecule has 2 saturated heterocycles. The second-order valence-electron chi connectivity index (χ2n) is 5.54. The van der Waals surface area contributed by atoms with E-state index in [0.29, 0.717) is 18.6 Å². The zero-order chi connectivity index (χ0) is 15.2. The first-order valence-electron chi connectivity index (χ1n) is 6.90. The van der Waals surface area contributed by atoms with Crippen LogP contribution in [-0.2, 0) is 9.47 Å². The van der Waals surface area contributed by atoms with Crippen LogP contribution in [0.25, 0.3) is 0 Å². The van der Waals surface area contributed by atoms with Gasteiger partial charge in [0.1, 0.15) is 17.8 Å². The number of aryl methyl sites for hydroxylation is 1. The van der Waals surface area contributed by atoms with Crippen LogP contribution < -0.4 is 11.2 Å². The van der Waals surface area contributed by atoms with Crippen molar-refractivity contribution < 1.29 is 19.7 Å². The van der Waals surface area contributed by atoms with Crippen molar-refractivity contribution in [3.8, 4) is 0 Å². The van der Waals surface area contributed by atoms with Crippen LogP contribution in [0.1, 0.15) is 24.6 Å². The number of aromatic nitrogens is 2. The molecule has 3 heterocycles. The van der Waals surface area contributed by atoms with Gasteiger partial charge in [-0.05, 0) is 19.8 Å². The van der Waals surface area contributed by atoms with Gasteiger partial charge in [0.05, 0.1) is 6.61 Å². The topological polar surface area (TPSA) is 114 Å². The minimum atomic E-state index is -1.07. The molecule has 1 aromatic rings. The summed E-state index contributed by atoms with van der Waals surface area (Å²) in [5, 5.41) is 19.7. The van der Waals surface area contributed by atoms with Crippen LogP contribution in [0.15, 0.2) is 15.8 Å². The lowest BCUT2D eigenvalue weighted by molar-refractivity contribution is -0.122. The molecule has 3 rings (SSSR count). The molecule has 0 unspecified atom stereocenters. The van der Waals surface area contributed by atoms with Gasteiger partial charge in [-0.15, -0.1) is 0 Å². The SMILES string of the molecule is Cc1cn([C@@H]2O[C@H](CO)[C@@H](O)[C@]23CCCO3)c(=O)[nH]c1=O. The molecule has 0 saturated carbocycles. The Morgan fingerprint density at radius 2 is 2.29 bits per heavy atom. The molecule has 8 nitrogen and oxygen atoms in total. The van der Waals surface area contributed by atoms with Crippen molar-refractivity contribution in [3.05, 3.63) is 32.6 Å². The molecule has 0 bridgehead atoms. The summed E-state index contributed by atoms with van der Waals surface area (Å²) in [5.74, 6) is 0. The molecule has 3 N–H and O–H groups in total. The maximum atomic E-state index is 12.0. The number of ether oxygens (including phenoxy) is 2. The smallest absolute Gasteiger partial charge is 0.330 e. The first-order valence-corrected chi connectivity index (χ1v) is 6.90. The van der Waals surface area contributed by atoms with E-state index < -0.39 is 35.3 Å². The van der Waals surface area contributed by atoms with Crippen LogP contribution in [0.4, 0.5) is 0 Å². The fourth-order valence-corrected chi connectivity index (χ4v) is 3.13. The zero-order valence-corrected chi connectivity index (χ0v) is 11.6. The first kappa shape index (κ1) is 14.5. The molecule has 1 aromatic heterocycles. The summed E-state index contributed by atoms with van der Waals surface area (Å²) in [4.78, 5) is 25.7. The Balaban J connectivity index is 2.10. The van der Waals surface area contributed by atoms with E-state index in [-0.39, 0.29) is 6.61 Å². The fourth-order valence-electron chi connectivity index (χ4n) is 3.13. The molecule has 21 heavy (non-hydrogen) atoms. The molecular formula is C13H18N2O6. The van der Waals surface area contributed by atoms with Gasteiger partial charge in [0, 0.05) is 18.4 Å². The second kappa shape index (κ2) is 5.06. The summed E-state index contributed by atoms with van der Waals surface area (Å²) < 4.78 is 12.6. The average molecular weight is 298 g/mol. The van der Waals surface area contributed by atoms with Crippen LogP contribution >= 0.6 is 0 Å². The highest BCUT2D eigenvalue weighted by Gasteiger charge is 2.59. The van der Waals surface area contributed by atoms with E-state index in [1.807, 2.05) is 0 Å². The lowest BCUT2D eigenvalue weighted by atomic mass is 9.91. The molecule has 2 aliphatic heterocycles. The molecule has 2 aliphatic rings. The third kappa shape index (κ3) is 2.06. The lowest BCUT2D eigenvalue weighted by Gasteiger charge is -2.32. The maximum absolute atomic E-state index is 12.0.